The molecule has 2 aromatic heterocycles. The van der Waals surface area contributed by atoms with Crippen molar-refractivity contribution in [2.24, 2.45) is 5.92 Å². The van der Waals surface area contributed by atoms with Gasteiger partial charge in [0.15, 0.2) is 0 Å². The minimum Gasteiger partial charge on any atom is -0.481 e. The maximum Gasteiger partial charge on any atom is 0.308 e. The van der Waals surface area contributed by atoms with Gasteiger partial charge in [0.05, 0.1) is 24.8 Å². The molecule has 5 rings (SSSR count). The highest BCUT2D eigenvalue weighted by Gasteiger charge is 2.42. The molecular formula is C25H25N3O5S. The van der Waals surface area contributed by atoms with Gasteiger partial charge in [0.2, 0.25) is 11.8 Å². The van der Waals surface area contributed by atoms with Gasteiger partial charge in [0.25, 0.3) is 0 Å². The summed E-state index contributed by atoms with van der Waals surface area (Å²) in [5.74, 6) is -3.10. The van der Waals surface area contributed by atoms with Gasteiger partial charge in [-0.3, -0.25) is 19.2 Å². The molecule has 1 aliphatic carbocycles. The molecule has 0 radical (unpaired) electrons. The summed E-state index contributed by atoms with van der Waals surface area (Å²) in [5.41, 5.74) is 2.78. The Hall–Kier alpha value is -3.46. The molecule has 0 fully saturated rings. The van der Waals surface area contributed by atoms with Gasteiger partial charge >= 0.3 is 5.97 Å². The van der Waals surface area contributed by atoms with Crippen molar-refractivity contribution < 1.29 is 24.3 Å². The maximum absolute atomic E-state index is 13.1. The Bertz CT molecular complexity index is 1290. The second-order valence-corrected chi connectivity index (χ2v) is 9.90. The average molecular weight is 480 g/mol. The van der Waals surface area contributed by atoms with Crippen LogP contribution in [0.3, 0.4) is 0 Å². The van der Waals surface area contributed by atoms with Gasteiger partial charge < -0.3 is 20.3 Å². The lowest BCUT2D eigenvalue weighted by atomic mass is 9.79. The van der Waals surface area contributed by atoms with E-state index in [0.717, 1.165) is 26.9 Å². The molecule has 1 aromatic carbocycles. The summed E-state index contributed by atoms with van der Waals surface area (Å²) < 4.78 is 2.97. The predicted molar refractivity (Wildman–Crippen MR) is 127 cm³/mol. The van der Waals surface area contributed by atoms with E-state index in [4.69, 9.17) is 0 Å². The molecular weight excluding hydrogens is 454 g/mol. The van der Waals surface area contributed by atoms with Gasteiger partial charge in [-0.15, -0.1) is 11.3 Å². The first-order valence-electron chi connectivity index (χ1n) is 11.4. The zero-order valence-electron chi connectivity index (χ0n) is 18.5. The van der Waals surface area contributed by atoms with Crippen molar-refractivity contribution in [3.05, 3.63) is 58.7 Å². The predicted octanol–water partition coefficient (Wildman–Crippen LogP) is 2.25. The van der Waals surface area contributed by atoms with Crippen LogP contribution in [0.15, 0.2) is 41.9 Å². The van der Waals surface area contributed by atoms with Gasteiger partial charge in [0, 0.05) is 35.6 Å². The molecule has 0 saturated carbocycles. The Morgan fingerprint density at radius 1 is 1.15 bits per heavy atom. The monoisotopic (exact) mass is 479 g/mol. The van der Waals surface area contributed by atoms with Crippen molar-refractivity contribution in [3.63, 3.8) is 0 Å². The molecule has 0 spiro atoms. The fourth-order valence-corrected chi connectivity index (χ4v) is 6.12. The highest BCUT2D eigenvalue weighted by molar-refractivity contribution is 7.17. The Labute approximate surface area is 200 Å². The van der Waals surface area contributed by atoms with Crippen molar-refractivity contribution in [1.82, 2.24) is 15.2 Å². The van der Waals surface area contributed by atoms with Crippen LogP contribution in [0.2, 0.25) is 0 Å². The van der Waals surface area contributed by atoms with E-state index in [1.807, 2.05) is 46.5 Å². The number of carboxylic acid groups (broad SMARTS) is 1. The number of fused-ring (bicyclic) bond motifs is 1. The number of thiophene rings is 1. The number of amides is 2. The fraction of sp³-hybridized carbons (Fsp3) is 0.360. The molecule has 1 unspecified atom stereocenters. The zero-order valence-corrected chi connectivity index (χ0v) is 19.3. The quantitative estimate of drug-likeness (QED) is 0.501. The SMILES string of the molecule is O=C(Cc1csc2ccccc12)NCC(=O)N[C@H]1CCc2ccn3c2C1C(=O)C[C@H](C(=O)O)C3. The van der Waals surface area contributed by atoms with E-state index >= 15 is 0 Å². The fourth-order valence-electron chi connectivity index (χ4n) is 5.16. The minimum absolute atomic E-state index is 0.0567. The molecule has 0 saturated heterocycles. The van der Waals surface area contributed by atoms with E-state index in [0.29, 0.717) is 12.8 Å². The molecule has 3 atom stereocenters. The molecule has 176 valence electrons. The van der Waals surface area contributed by atoms with E-state index in [2.05, 4.69) is 10.6 Å². The standard InChI is InChI=1S/C25H25N3O5S/c29-19-9-15(25(32)33)12-28-8-7-14-5-6-18(23(19)24(14)28)27-22(31)11-26-21(30)10-16-13-34-20-4-2-1-3-17(16)20/h1-4,7-8,13,15,18,23H,5-6,9-12H2,(H,26,30)(H,27,31)(H,32,33)/t15-,18-,23?/m0/s1. The summed E-state index contributed by atoms with van der Waals surface area (Å²) >= 11 is 1.58. The third kappa shape index (κ3) is 4.23. The number of hydrogen-bond acceptors (Lipinski definition) is 5. The van der Waals surface area contributed by atoms with Crippen LogP contribution in [0, 0.1) is 5.92 Å². The van der Waals surface area contributed by atoms with Gasteiger partial charge in [-0.25, -0.2) is 0 Å². The number of nitrogens with one attached hydrogen (secondary N) is 2. The maximum atomic E-state index is 13.1. The number of rotatable bonds is 6. The van der Waals surface area contributed by atoms with Crippen LogP contribution in [-0.2, 0) is 38.6 Å². The van der Waals surface area contributed by atoms with E-state index in [1.54, 1.807) is 11.3 Å². The molecule has 0 bridgehead atoms. The summed E-state index contributed by atoms with van der Waals surface area (Å²) in [6, 6.07) is 9.39. The van der Waals surface area contributed by atoms with E-state index < -0.39 is 23.8 Å². The third-order valence-electron chi connectivity index (χ3n) is 6.78. The first-order valence-corrected chi connectivity index (χ1v) is 12.2. The topological polar surface area (TPSA) is 118 Å². The Morgan fingerprint density at radius 3 is 2.79 bits per heavy atom. The number of benzene rings is 1. The van der Waals surface area contributed by atoms with Crippen LogP contribution < -0.4 is 10.6 Å². The summed E-state index contributed by atoms with van der Waals surface area (Å²) in [6.07, 6.45) is 3.26. The number of ketones is 1. The molecule has 34 heavy (non-hydrogen) atoms. The number of hydrogen-bond donors (Lipinski definition) is 3. The summed E-state index contributed by atoms with van der Waals surface area (Å²) in [6.45, 7) is 0.0742. The molecule has 1 aliphatic heterocycles. The highest BCUT2D eigenvalue weighted by atomic mass is 32.1. The van der Waals surface area contributed by atoms with E-state index in [-0.39, 0.29) is 43.5 Å². The Morgan fingerprint density at radius 2 is 1.97 bits per heavy atom. The molecule has 3 N–H and O–H groups in total. The van der Waals surface area contributed by atoms with Crippen LogP contribution >= 0.6 is 11.3 Å². The molecule has 3 aromatic rings. The van der Waals surface area contributed by atoms with Crippen LogP contribution in [0.5, 0.6) is 0 Å². The van der Waals surface area contributed by atoms with Gasteiger partial charge in [-0.1, -0.05) is 18.2 Å². The number of carbonyl (C=O) groups is 4. The number of aryl methyl sites for hydroxylation is 1. The molecule has 2 aliphatic rings. The first-order chi connectivity index (χ1) is 16.4. The number of Topliss-reactive ketones (excluding diaryl/α,β-unsaturated/α-hetero) is 1. The van der Waals surface area contributed by atoms with Gasteiger partial charge in [0.1, 0.15) is 5.78 Å². The lowest BCUT2D eigenvalue weighted by Crippen LogP contribution is -2.48. The van der Waals surface area contributed by atoms with Gasteiger partial charge in [-0.05, 0) is 46.9 Å². The van der Waals surface area contributed by atoms with Crippen LogP contribution in [0.25, 0.3) is 10.1 Å². The number of carbonyl (C=O) groups excluding carboxylic acids is 3. The number of nitrogens with zero attached hydrogens (tertiary/aromatic N) is 1. The normalized spacial score (nSPS) is 21.5. The number of carboxylic acids is 1. The molecule has 3 heterocycles. The van der Waals surface area contributed by atoms with Crippen molar-refractivity contribution in [1.29, 1.82) is 0 Å². The number of aromatic nitrogens is 1. The lowest BCUT2D eigenvalue weighted by Gasteiger charge is -2.32. The smallest absolute Gasteiger partial charge is 0.308 e. The summed E-state index contributed by atoms with van der Waals surface area (Å²) in [7, 11) is 0. The third-order valence-corrected chi connectivity index (χ3v) is 7.79. The second-order valence-electron chi connectivity index (χ2n) is 8.99. The van der Waals surface area contributed by atoms with Gasteiger partial charge in [-0.2, -0.15) is 0 Å². The summed E-state index contributed by atoms with van der Waals surface area (Å²) in [5, 5.41) is 18.1. The van der Waals surface area contributed by atoms with E-state index in [9.17, 15) is 24.3 Å². The van der Waals surface area contributed by atoms with Crippen LogP contribution in [0.4, 0.5) is 0 Å². The van der Waals surface area contributed by atoms with Crippen LogP contribution in [-0.4, -0.2) is 45.8 Å². The van der Waals surface area contributed by atoms with Crippen molar-refractivity contribution in [2.45, 2.75) is 44.2 Å². The zero-order chi connectivity index (χ0) is 23.8. The Kier molecular flexibility index (Phi) is 5.95. The highest BCUT2D eigenvalue weighted by Crippen LogP contribution is 2.38. The Balaban J connectivity index is 1.22. The molecule has 8 nitrogen and oxygen atoms in total. The van der Waals surface area contributed by atoms with Crippen LogP contribution in [0.1, 0.15) is 35.6 Å². The van der Waals surface area contributed by atoms with Crippen molar-refractivity contribution in [2.75, 3.05) is 6.54 Å². The lowest BCUT2D eigenvalue weighted by molar-refractivity contribution is -0.144. The van der Waals surface area contributed by atoms with Crippen molar-refractivity contribution in [3.8, 4) is 0 Å². The average Bonchev–Trinajstić information content (AvgIpc) is 3.37. The molecule has 2 amide bonds. The second kappa shape index (κ2) is 9.06. The number of aliphatic carboxylic acids is 1. The summed E-state index contributed by atoms with van der Waals surface area (Å²) in [4.78, 5) is 49.8. The van der Waals surface area contributed by atoms with Crippen molar-refractivity contribution >= 4 is 45.0 Å². The molecule has 9 heteroatoms. The minimum atomic E-state index is -0.990. The largest absolute Gasteiger partial charge is 0.481 e. The first kappa shape index (κ1) is 22.3. The van der Waals surface area contributed by atoms with E-state index in [1.165, 1.54) is 0 Å².